The maximum absolute atomic E-state index is 10.9. The van der Waals surface area contributed by atoms with E-state index < -0.39 is 0 Å². The van der Waals surface area contributed by atoms with Gasteiger partial charge in [-0.3, -0.25) is 4.99 Å². The third kappa shape index (κ3) is 1.73. The lowest BCUT2D eigenvalue weighted by Gasteiger charge is -1.97. The maximum atomic E-state index is 10.9. The second-order valence-corrected chi connectivity index (χ2v) is 2.76. The van der Waals surface area contributed by atoms with Crippen LogP contribution in [0, 0.1) is 0 Å². The molecular weight excluding hydrogens is 150 g/mol. The van der Waals surface area contributed by atoms with Crippen molar-refractivity contribution >= 4 is 23.4 Å². The Hall–Kier alpha value is -0.510. The van der Waals surface area contributed by atoms with Crippen molar-refractivity contribution in [3.05, 3.63) is 0 Å². The molecule has 3 nitrogen and oxygen atoms in total. The van der Waals surface area contributed by atoms with Gasteiger partial charge in [-0.25, -0.2) is 4.79 Å². The molecule has 0 radical (unpaired) electrons. The van der Waals surface area contributed by atoms with Crippen LogP contribution < -0.4 is 0 Å². The number of rotatable bonds is 2. The SMILES string of the molecule is CCOC(=O)C1=NCSC1. The van der Waals surface area contributed by atoms with Gasteiger partial charge in [-0.15, -0.1) is 11.8 Å². The van der Waals surface area contributed by atoms with E-state index in [4.69, 9.17) is 4.74 Å². The van der Waals surface area contributed by atoms with E-state index >= 15 is 0 Å². The van der Waals surface area contributed by atoms with Gasteiger partial charge in [0.2, 0.25) is 0 Å². The molecule has 0 bridgehead atoms. The number of aliphatic imine (C=N–C) groups is 1. The van der Waals surface area contributed by atoms with Crippen molar-refractivity contribution in [2.75, 3.05) is 18.2 Å². The van der Waals surface area contributed by atoms with Crippen LogP contribution in [0.3, 0.4) is 0 Å². The number of nitrogens with zero attached hydrogens (tertiary/aromatic N) is 1. The van der Waals surface area contributed by atoms with Gasteiger partial charge in [-0.1, -0.05) is 0 Å². The molecule has 0 aromatic carbocycles. The number of thioether (sulfide) groups is 1. The monoisotopic (exact) mass is 159 g/mol. The molecule has 1 aliphatic rings. The van der Waals surface area contributed by atoms with Crippen molar-refractivity contribution in [3.8, 4) is 0 Å². The van der Waals surface area contributed by atoms with E-state index in [2.05, 4.69) is 4.99 Å². The summed E-state index contributed by atoms with van der Waals surface area (Å²) >= 11 is 1.63. The predicted molar refractivity (Wildman–Crippen MR) is 41.4 cm³/mol. The second kappa shape index (κ2) is 3.61. The van der Waals surface area contributed by atoms with Crippen molar-refractivity contribution in [3.63, 3.8) is 0 Å². The van der Waals surface area contributed by atoms with E-state index in [1.54, 1.807) is 18.7 Å². The molecule has 0 saturated carbocycles. The first-order valence-electron chi connectivity index (χ1n) is 3.12. The molecule has 0 aliphatic carbocycles. The highest BCUT2D eigenvalue weighted by molar-refractivity contribution is 8.00. The Bertz CT molecular complexity index is 167. The maximum Gasteiger partial charge on any atom is 0.353 e. The Balaban J connectivity index is 2.40. The largest absolute Gasteiger partial charge is 0.461 e. The summed E-state index contributed by atoms with van der Waals surface area (Å²) in [5, 5.41) is 0. The fourth-order valence-electron chi connectivity index (χ4n) is 0.649. The van der Waals surface area contributed by atoms with E-state index in [-0.39, 0.29) is 5.97 Å². The first kappa shape index (κ1) is 7.60. The van der Waals surface area contributed by atoms with Crippen molar-refractivity contribution in [1.29, 1.82) is 0 Å². The Kier molecular flexibility index (Phi) is 2.74. The number of esters is 1. The Labute approximate surface area is 63.9 Å². The summed E-state index contributed by atoms with van der Waals surface area (Å²) < 4.78 is 4.74. The van der Waals surface area contributed by atoms with Crippen LogP contribution in [0.4, 0.5) is 0 Å². The summed E-state index contributed by atoms with van der Waals surface area (Å²) in [6, 6.07) is 0. The van der Waals surface area contributed by atoms with Crippen LogP contribution in [0.2, 0.25) is 0 Å². The predicted octanol–water partition coefficient (Wildman–Crippen LogP) is 0.695. The molecular formula is C6H9NO2S. The Morgan fingerprint density at radius 3 is 3.20 bits per heavy atom. The number of carbonyl (C=O) groups excluding carboxylic acids is 1. The standard InChI is InChI=1S/C6H9NO2S/c1-2-9-6(8)5-3-10-4-7-5/h2-4H2,1H3. The molecule has 56 valence electrons. The molecule has 1 rings (SSSR count). The quantitative estimate of drug-likeness (QED) is 0.556. The van der Waals surface area contributed by atoms with Crippen LogP contribution in [0.25, 0.3) is 0 Å². The summed E-state index contributed by atoms with van der Waals surface area (Å²) in [5.74, 6) is 1.15. The average Bonchev–Trinajstić information content (AvgIpc) is 2.38. The molecule has 0 aromatic heterocycles. The van der Waals surface area contributed by atoms with Crippen LogP contribution in [-0.4, -0.2) is 29.9 Å². The summed E-state index contributed by atoms with van der Waals surface area (Å²) in [7, 11) is 0. The zero-order valence-corrected chi connectivity index (χ0v) is 6.61. The summed E-state index contributed by atoms with van der Waals surface area (Å²) in [5.41, 5.74) is 0.576. The van der Waals surface area contributed by atoms with Gasteiger partial charge in [0.05, 0.1) is 12.5 Å². The average molecular weight is 159 g/mol. The Morgan fingerprint density at radius 2 is 2.70 bits per heavy atom. The minimum Gasteiger partial charge on any atom is -0.461 e. The topological polar surface area (TPSA) is 38.7 Å². The molecule has 0 fully saturated rings. The van der Waals surface area contributed by atoms with Crippen LogP contribution >= 0.6 is 11.8 Å². The molecule has 0 aromatic rings. The molecule has 1 aliphatic heterocycles. The summed E-state index contributed by atoms with van der Waals surface area (Å²) in [6.45, 7) is 2.23. The first-order valence-corrected chi connectivity index (χ1v) is 4.28. The number of ether oxygens (including phenoxy) is 1. The molecule has 0 saturated heterocycles. The van der Waals surface area contributed by atoms with E-state index in [9.17, 15) is 4.79 Å². The Morgan fingerprint density at radius 1 is 1.90 bits per heavy atom. The molecule has 0 atom stereocenters. The van der Waals surface area contributed by atoms with E-state index in [1.165, 1.54) is 0 Å². The van der Waals surface area contributed by atoms with Gasteiger partial charge >= 0.3 is 5.97 Å². The van der Waals surface area contributed by atoms with Crippen LogP contribution in [0.15, 0.2) is 4.99 Å². The highest BCUT2D eigenvalue weighted by Crippen LogP contribution is 2.10. The lowest BCUT2D eigenvalue weighted by atomic mass is 10.4. The normalized spacial score (nSPS) is 16.7. The molecule has 0 unspecified atom stereocenters. The van der Waals surface area contributed by atoms with E-state index in [0.29, 0.717) is 23.9 Å². The lowest BCUT2D eigenvalue weighted by molar-refractivity contribution is -0.135. The van der Waals surface area contributed by atoms with E-state index in [0.717, 1.165) is 0 Å². The van der Waals surface area contributed by atoms with Crippen molar-refractivity contribution in [1.82, 2.24) is 0 Å². The van der Waals surface area contributed by atoms with Crippen molar-refractivity contribution in [2.24, 2.45) is 4.99 Å². The molecule has 1 heterocycles. The fraction of sp³-hybridized carbons (Fsp3) is 0.667. The third-order valence-corrected chi connectivity index (χ3v) is 1.89. The van der Waals surface area contributed by atoms with Gasteiger partial charge in [-0.05, 0) is 6.92 Å². The first-order chi connectivity index (χ1) is 4.84. The van der Waals surface area contributed by atoms with Crippen LogP contribution in [0.1, 0.15) is 6.92 Å². The molecule has 4 heteroatoms. The zero-order chi connectivity index (χ0) is 7.40. The van der Waals surface area contributed by atoms with Gasteiger partial charge in [0, 0.05) is 5.75 Å². The third-order valence-electron chi connectivity index (χ3n) is 1.10. The van der Waals surface area contributed by atoms with Gasteiger partial charge in [-0.2, -0.15) is 0 Å². The number of hydrogen-bond acceptors (Lipinski definition) is 4. The van der Waals surface area contributed by atoms with Gasteiger partial charge < -0.3 is 4.74 Å². The summed E-state index contributed by atoms with van der Waals surface area (Å²) in [6.07, 6.45) is 0. The number of carbonyl (C=O) groups is 1. The van der Waals surface area contributed by atoms with Crippen LogP contribution in [0.5, 0.6) is 0 Å². The van der Waals surface area contributed by atoms with Gasteiger partial charge in [0.1, 0.15) is 5.71 Å². The fourth-order valence-corrected chi connectivity index (χ4v) is 1.39. The molecule has 0 amide bonds. The second-order valence-electron chi connectivity index (χ2n) is 1.80. The van der Waals surface area contributed by atoms with Gasteiger partial charge in [0.25, 0.3) is 0 Å². The van der Waals surface area contributed by atoms with E-state index in [1.807, 2.05) is 0 Å². The highest BCUT2D eigenvalue weighted by Gasteiger charge is 2.15. The highest BCUT2D eigenvalue weighted by atomic mass is 32.2. The summed E-state index contributed by atoms with van der Waals surface area (Å²) in [4.78, 5) is 14.8. The molecule has 0 spiro atoms. The number of hydrogen-bond donors (Lipinski definition) is 0. The minimum atomic E-state index is -0.257. The van der Waals surface area contributed by atoms with Crippen molar-refractivity contribution in [2.45, 2.75) is 6.92 Å². The minimum absolute atomic E-state index is 0.257. The zero-order valence-electron chi connectivity index (χ0n) is 5.79. The molecule has 10 heavy (non-hydrogen) atoms. The van der Waals surface area contributed by atoms with Crippen molar-refractivity contribution < 1.29 is 9.53 Å². The molecule has 0 N–H and O–H groups in total. The van der Waals surface area contributed by atoms with Gasteiger partial charge in [0.15, 0.2) is 0 Å². The lowest BCUT2D eigenvalue weighted by Crippen LogP contribution is -2.17. The van der Waals surface area contributed by atoms with Crippen LogP contribution in [-0.2, 0) is 9.53 Å². The smallest absolute Gasteiger partial charge is 0.353 e.